The van der Waals surface area contributed by atoms with Crippen molar-refractivity contribution in [3.05, 3.63) is 65.2 Å². The summed E-state index contributed by atoms with van der Waals surface area (Å²) < 4.78 is 28.1. The predicted octanol–water partition coefficient (Wildman–Crippen LogP) is 5.04. The Morgan fingerprint density at radius 3 is 2.06 bits per heavy atom. The molecule has 1 saturated heterocycles. The lowest BCUT2D eigenvalue weighted by atomic mass is 9.87. The normalized spacial score (nSPS) is 19.2. The van der Waals surface area contributed by atoms with Gasteiger partial charge in [0.1, 0.15) is 5.04 Å². The molecule has 2 heterocycles. The number of hydrogen-bond donors (Lipinski definition) is 0. The third kappa shape index (κ3) is 4.43. The van der Waals surface area contributed by atoms with Crippen molar-refractivity contribution in [1.29, 1.82) is 0 Å². The van der Waals surface area contributed by atoms with Gasteiger partial charge in [0.25, 0.3) is 0 Å². The Hall–Kier alpha value is -1.96. The fraction of sp³-hybridized carbons (Fsp3) is 0.440. The maximum absolute atomic E-state index is 13.2. The number of thioether (sulfide) groups is 1. The van der Waals surface area contributed by atoms with Crippen LogP contribution in [0, 0.1) is 6.92 Å². The van der Waals surface area contributed by atoms with Crippen molar-refractivity contribution in [3.63, 3.8) is 0 Å². The molecule has 1 fully saturated rings. The molecule has 2 aliphatic heterocycles. The Morgan fingerprint density at radius 1 is 0.938 bits per heavy atom. The quantitative estimate of drug-likeness (QED) is 0.633. The van der Waals surface area contributed by atoms with Crippen LogP contribution in [0.3, 0.4) is 0 Å². The van der Waals surface area contributed by atoms with Crippen LogP contribution in [-0.4, -0.2) is 48.5 Å². The smallest absolute Gasteiger partial charge is 0.243 e. The number of aliphatic imine (C=N–C) groups is 2. The van der Waals surface area contributed by atoms with E-state index in [0.717, 1.165) is 21.9 Å². The Labute approximate surface area is 196 Å². The van der Waals surface area contributed by atoms with Gasteiger partial charge in [0.2, 0.25) is 10.0 Å². The molecule has 0 bridgehead atoms. The summed E-state index contributed by atoms with van der Waals surface area (Å²) in [4.78, 5) is 10.3. The lowest BCUT2D eigenvalue weighted by molar-refractivity contribution is 0.249. The van der Waals surface area contributed by atoms with E-state index in [4.69, 9.17) is 9.98 Å². The number of nitrogens with zero attached hydrogens (tertiary/aromatic N) is 3. The van der Waals surface area contributed by atoms with E-state index in [1.54, 1.807) is 28.2 Å². The van der Waals surface area contributed by atoms with Gasteiger partial charge in [0.15, 0.2) is 5.66 Å². The number of benzene rings is 2. The van der Waals surface area contributed by atoms with Gasteiger partial charge < -0.3 is 0 Å². The van der Waals surface area contributed by atoms with E-state index in [0.29, 0.717) is 30.8 Å². The van der Waals surface area contributed by atoms with Crippen LogP contribution in [0.15, 0.2) is 63.4 Å². The monoisotopic (exact) mass is 469 g/mol. The predicted molar refractivity (Wildman–Crippen MR) is 135 cm³/mol. The van der Waals surface area contributed by atoms with E-state index in [9.17, 15) is 8.42 Å². The van der Waals surface area contributed by atoms with Gasteiger partial charge in [-0.3, -0.25) is 4.99 Å². The van der Waals surface area contributed by atoms with E-state index in [1.807, 2.05) is 18.4 Å². The lowest BCUT2D eigenvalue weighted by Gasteiger charge is -2.34. The fourth-order valence-corrected chi connectivity index (χ4v) is 6.21. The van der Waals surface area contributed by atoms with Crippen molar-refractivity contribution in [2.24, 2.45) is 9.98 Å². The number of sulfonamides is 1. The van der Waals surface area contributed by atoms with E-state index in [1.165, 1.54) is 5.56 Å². The average molecular weight is 470 g/mol. The molecule has 4 rings (SSSR count). The molecule has 0 amide bonds. The van der Waals surface area contributed by atoms with Gasteiger partial charge in [-0.25, -0.2) is 13.4 Å². The van der Waals surface area contributed by atoms with Crippen LogP contribution in [0.25, 0.3) is 0 Å². The minimum Gasteiger partial charge on any atom is -0.252 e. The highest BCUT2D eigenvalue weighted by Gasteiger charge is 2.42. The molecule has 5 nitrogen and oxygen atoms in total. The lowest BCUT2D eigenvalue weighted by Crippen LogP contribution is -2.44. The summed E-state index contributed by atoms with van der Waals surface area (Å²) in [6.07, 6.45) is 3.19. The maximum atomic E-state index is 13.2. The summed E-state index contributed by atoms with van der Waals surface area (Å²) in [6.45, 7) is 9.27. The van der Waals surface area contributed by atoms with Crippen LogP contribution >= 0.6 is 11.8 Å². The van der Waals surface area contributed by atoms with Gasteiger partial charge in [0.05, 0.1) is 10.6 Å². The molecule has 7 heteroatoms. The van der Waals surface area contributed by atoms with Crippen molar-refractivity contribution >= 4 is 32.5 Å². The molecular formula is C25H31N3O2S2. The maximum Gasteiger partial charge on any atom is 0.243 e. The van der Waals surface area contributed by atoms with Gasteiger partial charge in [-0.05, 0) is 36.3 Å². The zero-order chi connectivity index (χ0) is 23.1. The van der Waals surface area contributed by atoms with Crippen molar-refractivity contribution in [2.45, 2.75) is 56.5 Å². The zero-order valence-corrected chi connectivity index (χ0v) is 21.1. The summed E-state index contributed by atoms with van der Waals surface area (Å²) in [7, 11) is -3.53. The van der Waals surface area contributed by atoms with Gasteiger partial charge >= 0.3 is 0 Å². The minimum absolute atomic E-state index is 0.0115. The topological polar surface area (TPSA) is 62.1 Å². The molecule has 1 spiro atoms. The van der Waals surface area contributed by atoms with Gasteiger partial charge in [0, 0.05) is 31.5 Å². The number of rotatable bonds is 3. The van der Waals surface area contributed by atoms with E-state index < -0.39 is 15.7 Å². The van der Waals surface area contributed by atoms with Gasteiger partial charge in [-0.15, -0.1) is 11.8 Å². The summed E-state index contributed by atoms with van der Waals surface area (Å²) >= 11 is 1.60. The summed E-state index contributed by atoms with van der Waals surface area (Å²) in [6, 6.07) is 15.6. The molecule has 2 aromatic rings. The minimum atomic E-state index is -3.53. The molecule has 32 heavy (non-hydrogen) atoms. The van der Waals surface area contributed by atoms with E-state index in [-0.39, 0.29) is 5.41 Å². The molecule has 0 atom stereocenters. The van der Waals surface area contributed by atoms with Crippen LogP contribution in [0.5, 0.6) is 0 Å². The SMILES string of the molecule is CSC1=NC2(CCN(S(=O)(=O)c3ccc(C(C)(C)C)cc3)CC2)N=C1c1ccc(C)cc1. The largest absolute Gasteiger partial charge is 0.252 e. The number of aryl methyl sites for hydroxylation is 1. The second kappa shape index (κ2) is 8.43. The third-order valence-corrected chi connectivity index (χ3v) is 8.82. The third-order valence-electron chi connectivity index (χ3n) is 6.23. The molecule has 0 N–H and O–H groups in total. The standard InChI is InChI=1S/C25H31N3O2S2/c1-18-6-8-19(9-7-18)22-23(31-5)27-25(26-22)14-16-28(17-15-25)32(29,30)21-12-10-20(11-13-21)24(2,3)4/h6-13H,14-17H2,1-5H3. The first-order valence-electron chi connectivity index (χ1n) is 11.0. The molecule has 2 aliphatic rings. The first-order chi connectivity index (χ1) is 15.0. The van der Waals surface area contributed by atoms with Crippen molar-refractivity contribution < 1.29 is 8.42 Å². The molecule has 0 aliphatic carbocycles. The van der Waals surface area contributed by atoms with Crippen molar-refractivity contribution in [2.75, 3.05) is 19.3 Å². The molecule has 0 aromatic heterocycles. The first-order valence-corrected chi connectivity index (χ1v) is 13.6. The van der Waals surface area contributed by atoms with Crippen LogP contribution in [0.2, 0.25) is 0 Å². The first kappa shape index (κ1) is 23.2. The number of piperidine rings is 1. The summed E-state index contributed by atoms with van der Waals surface area (Å²) in [5.74, 6) is 0. The zero-order valence-electron chi connectivity index (χ0n) is 19.4. The van der Waals surface area contributed by atoms with E-state index >= 15 is 0 Å². The molecule has 2 aromatic carbocycles. The van der Waals surface area contributed by atoms with Crippen LogP contribution in [0.4, 0.5) is 0 Å². The Kier molecular flexibility index (Phi) is 6.11. The summed E-state index contributed by atoms with van der Waals surface area (Å²) in [5, 5.41) is 0.933. The Bertz CT molecular complexity index is 1150. The highest BCUT2D eigenvalue weighted by atomic mass is 32.2. The molecule has 0 saturated carbocycles. The van der Waals surface area contributed by atoms with Gasteiger partial charge in [-0.1, -0.05) is 62.7 Å². The Balaban J connectivity index is 1.53. The van der Waals surface area contributed by atoms with Gasteiger partial charge in [-0.2, -0.15) is 4.31 Å². The fourth-order valence-electron chi connectivity index (χ4n) is 4.15. The van der Waals surface area contributed by atoms with E-state index in [2.05, 4.69) is 52.0 Å². The van der Waals surface area contributed by atoms with Crippen LogP contribution in [0.1, 0.15) is 50.3 Å². The highest BCUT2D eigenvalue weighted by Crippen LogP contribution is 2.37. The number of hydrogen-bond acceptors (Lipinski definition) is 5. The molecule has 170 valence electrons. The van der Waals surface area contributed by atoms with Crippen LogP contribution in [-0.2, 0) is 15.4 Å². The molecule has 0 unspecified atom stereocenters. The second-order valence-corrected chi connectivity index (χ2v) is 12.3. The summed E-state index contributed by atoms with van der Waals surface area (Å²) in [5.41, 5.74) is 3.75. The second-order valence-electron chi connectivity index (χ2n) is 9.61. The highest BCUT2D eigenvalue weighted by molar-refractivity contribution is 8.15. The Morgan fingerprint density at radius 2 is 1.53 bits per heavy atom. The van der Waals surface area contributed by atoms with Crippen molar-refractivity contribution in [3.8, 4) is 0 Å². The van der Waals surface area contributed by atoms with Crippen molar-refractivity contribution in [1.82, 2.24) is 4.31 Å². The molecular weight excluding hydrogens is 438 g/mol. The molecule has 0 radical (unpaired) electrons. The average Bonchev–Trinajstić information content (AvgIpc) is 3.12. The van der Waals surface area contributed by atoms with Crippen LogP contribution < -0.4 is 0 Å².